The van der Waals surface area contributed by atoms with Gasteiger partial charge < -0.3 is 16.0 Å². The summed E-state index contributed by atoms with van der Waals surface area (Å²) in [5.41, 5.74) is 7.14. The molecule has 0 spiro atoms. The summed E-state index contributed by atoms with van der Waals surface area (Å²) in [7, 11) is 2.16. The van der Waals surface area contributed by atoms with Gasteiger partial charge in [-0.2, -0.15) is 0 Å². The van der Waals surface area contributed by atoms with Crippen molar-refractivity contribution in [3.8, 4) is 0 Å². The Morgan fingerprint density at radius 2 is 2.24 bits per heavy atom. The first kappa shape index (κ1) is 12.9. The molecule has 3 nitrogen and oxygen atoms in total. The number of anilines is 1. The van der Waals surface area contributed by atoms with E-state index in [9.17, 15) is 0 Å². The van der Waals surface area contributed by atoms with Gasteiger partial charge in [0.25, 0.3) is 0 Å². The molecule has 17 heavy (non-hydrogen) atoms. The number of nitrogens with one attached hydrogen (secondary N) is 1. The van der Waals surface area contributed by atoms with Crippen molar-refractivity contribution in [1.29, 1.82) is 0 Å². The average molecular weight is 298 g/mol. The lowest BCUT2D eigenvalue weighted by atomic mass is 9.89. The molecule has 4 heteroatoms. The standard InChI is InChI=1S/C13H20BrN3/c1-17-8-4-7-13(9-15,10-17)16-12-6-3-2-5-11(12)14/h2-3,5-6,16H,4,7-10,15H2,1H3. The molecule has 0 radical (unpaired) electrons. The third-order valence-electron chi connectivity index (χ3n) is 3.43. The molecule has 1 aromatic carbocycles. The number of hydrogen-bond acceptors (Lipinski definition) is 3. The van der Waals surface area contributed by atoms with Crippen LogP contribution < -0.4 is 11.1 Å². The molecule has 1 fully saturated rings. The summed E-state index contributed by atoms with van der Waals surface area (Å²) in [5, 5.41) is 3.63. The molecule has 0 saturated carbocycles. The molecule has 1 aliphatic rings. The summed E-state index contributed by atoms with van der Waals surface area (Å²) in [6, 6.07) is 8.22. The number of likely N-dealkylation sites (tertiary alicyclic amines) is 1. The summed E-state index contributed by atoms with van der Waals surface area (Å²) in [6.07, 6.45) is 2.33. The lowest BCUT2D eigenvalue weighted by molar-refractivity contribution is 0.198. The highest BCUT2D eigenvalue weighted by molar-refractivity contribution is 9.10. The zero-order chi connectivity index (χ0) is 12.3. The Kier molecular flexibility index (Phi) is 4.07. The summed E-state index contributed by atoms with van der Waals surface area (Å²) in [6.45, 7) is 2.84. The minimum absolute atomic E-state index is 0.0108. The van der Waals surface area contributed by atoms with Crippen LogP contribution in [0, 0.1) is 0 Å². The van der Waals surface area contributed by atoms with Crippen LogP contribution in [0.15, 0.2) is 28.7 Å². The van der Waals surface area contributed by atoms with E-state index in [0.29, 0.717) is 6.54 Å². The van der Waals surface area contributed by atoms with Crippen LogP contribution in [0.5, 0.6) is 0 Å². The van der Waals surface area contributed by atoms with Gasteiger partial charge in [-0.05, 0) is 54.5 Å². The highest BCUT2D eigenvalue weighted by Gasteiger charge is 2.33. The van der Waals surface area contributed by atoms with E-state index in [2.05, 4.69) is 45.3 Å². The van der Waals surface area contributed by atoms with Gasteiger partial charge in [0.15, 0.2) is 0 Å². The van der Waals surface area contributed by atoms with Crippen molar-refractivity contribution in [2.45, 2.75) is 18.4 Å². The van der Waals surface area contributed by atoms with Crippen LogP contribution in [-0.2, 0) is 0 Å². The van der Waals surface area contributed by atoms with Crippen molar-refractivity contribution < 1.29 is 0 Å². The molecule has 1 unspecified atom stereocenters. The Morgan fingerprint density at radius 3 is 2.88 bits per heavy atom. The first-order valence-electron chi connectivity index (χ1n) is 6.06. The number of para-hydroxylation sites is 1. The molecule has 0 amide bonds. The first-order valence-corrected chi connectivity index (χ1v) is 6.86. The second kappa shape index (κ2) is 5.38. The number of likely N-dealkylation sites (N-methyl/N-ethyl adjacent to an activating group) is 1. The number of hydrogen-bond donors (Lipinski definition) is 2. The van der Waals surface area contributed by atoms with Crippen LogP contribution in [0.25, 0.3) is 0 Å². The third kappa shape index (κ3) is 3.00. The van der Waals surface area contributed by atoms with Crippen molar-refractivity contribution >= 4 is 21.6 Å². The molecule has 0 aromatic heterocycles. The Balaban J connectivity index is 2.17. The summed E-state index contributed by atoms with van der Waals surface area (Å²) < 4.78 is 1.10. The normalized spacial score (nSPS) is 25.8. The summed E-state index contributed by atoms with van der Waals surface area (Å²) in [5.74, 6) is 0. The quantitative estimate of drug-likeness (QED) is 0.899. The van der Waals surface area contributed by atoms with Gasteiger partial charge in [0.1, 0.15) is 0 Å². The van der Waals surface area contributed by atoms with E-state index in [-0.39, 0.29) is 5.54 Å². The molecule has 0 bridgehead atoms. The Labute approximate surface area is 111 Å². The molecular formula is C13H20BrN3. The molecule has 0 aliphatic carbocycles. The fourth-order valence-electron chi connectivity index (χ4n) is 2.53. The fourth-order valence-corrected chi connectivity index (χ4v) is 2.91. The Morgan fingerprint density at radius 1 is 1.47 bits per heavy atom. The molecule has 94 valence electrons. The lowest BCUT2D eigenvalue weighted by Gasteiger charge is -2.42. The molecule has 1 aromatic rings. The van der Waals surface area contributed by atoms with Crippen LogP contribution in [0.2, 0.25) is 0 Å². The van der Waals surface area contributed by atoms with Crippen molar-refractivity contribution in [2.75, 3.05) is 32.0 Å². The van der Waals surface area contributed by atoms with E-state index in [1.807, 2.05) is 12.1 Å². The topological polar surface area (TPSA) is 41.3 Å². The number of benzene rings is 1. The van der Waals surface area contributed by atoms with E-state index in [1.54, 1.807) is 0 Å². The van der Waals surface area contributed by atoms with Gasteiger partial charge in [0, 0.05) is 23.2 Å². The highest BCUT2D eigenvalue weighted by Crippen LogP contribution is 2.29. The van der Waals surface area contributed by atoms with Crippen LogP contribution >= 0.6 is 15.9 Å². The van der Waals surface area contributed by atoms with Gasteiger partial charge >= 0.3 is 0 Å². The van der Waals surface area contributed by atoms with Crippen molar-refractivity contribution in [2.24, 2.45) is 5.73 Å². The summed E-state index contributed by atoms with van der Waals surface area (Å²) >= 11 is 3.57. The maximum atomic E-state index is 5.99. The predicted octanol–water partition coefficient (Wildman–Crippen LogP) is 2.28. The SMILES string of the molecule is CN1CCCC(CN)(Nc2ccccc2Br)C1. The molecule has 1 atom stereocenters. The minimum Gasteiger partial charge on any atom is -0.376 e. The number of halogens is 1. The maximum absolute atomic E-state index is 5.99. The van der Waals surface area contributed by atoms with E-state index >= 15 is 0 Å². The number of rotatable bonds is 3. The highest BCUT2D eigenvalue weighted by atomic mass is 79.9. The largest absolute Gasteiger partial charge is 0.376 e. The molecular weight excluding hydrogens is 278 g/mol. The van der Waals surface area contributed by atoms with Gasteiger partial charge in [-0.1, -0.05) is 12.1 Å². The second-order valence-electron chi connectivity index (χ2n) is 4.93. The van der Waals surface area contributed by atoms with E-state index in [1.165, 1.54) is 13.0 Å². The number of piperidine rings is 1. The smallest absolute Gasteiger partial charge is 0.0622 e. The summed E-state index contributed by atoms with van der Waals surface area (Å²) in [4.78, 5) is 2.35. The first-order chi connectivity index (χ1) is 8.15. The van der Waals surface area contributed by atoms with Crippen LogP contribution in [0.1, 0.15) is 12.8 Å². The zero-order valence-corrected chi connectivity index (χ0v) is 11.8. The molecule has 2 rings (SSSR count). The van der Waals surface area contributed by atoms with Crippen molar-refractivity contribution in [3.05, 3.63) is 28.7 Å². The van der Waals surface area contributed by atoms with Crippen LogP contribution in [0.4, 0.5) is 5.69 Å². The molecule has 3 N–H and O–H groups in total. The Hall–Kier alpha value is -0.580. The minimum atomic E-state index is 0.0108. The van der Waals surface area contributed by atoms with Crippen LogP contribution in [0.3, 0.4) is 0 Å². The van der Waals surface area contributed by atoms with Crippen molar-refractivity contribution in [3.63, 3.8) is 0 Å². The van der Waals surface area contributed by atoms with Gasteiger partial charge in [0.2, 0.25) is 0 Å². The predicted molar refractivity (Wildman–Crippen MR) is 76.3 cm³/mol. The average Bonchev–Trinajstić information content (AvgIpc) is 2.32. The fraction of sp³-hybridized carbons (Fsp3) is 0.538. The lowest BCUT2D eigenvalue weighted by Crippen LogP contribution is -2.56. The number of nitrogens with two attached hydrogens (primary N) is 1. The third-order valence-corrected chi connectivity index (χ3v) is 4.12. The van der Waals surface area contributed by atoms with E-state index in [0.717, 1.165) is 23.1 Å². The van der Waals surface area contributed by atoms with Crippen molar-refractivity contribution in [1.82, 2.24) is 4.90 Å². The van der Waals surface area contributed by atoms with Gasteiger partial charge in [-0.25, -0.2) is 0 Å². The van der Waals surface area contributed by atoms with Gasteiger partial charge in [0.05, 0.1) is 5.54 Å². The van der Waals surface area contributed by atoms with Crippen LogP contribution in [-0.4, -0.2) is 37.1 Å². The molecule has 1 saturated heterocycles. The zero-order valence-electron chi connectivity index (χ0n) is 10.2. The maximum Gasteiger partial charge on any atom is 0.0622 e. The van der Waals surface area contributed by atoms with E-state index < -0.39 is 0 Å². The molecule has 1 aliphatic heterocycles. The number of nitrogens with zero attached hydrogens (tertiary/aromatic N) is 1. The van der Waals surface area contributed by atoms with Gasteiger partial charge in [-0.3, -0.25) is 0 Å². The second-order valence-corrected chi connectivity index (χ2v) is 5.78. The Bertz CT molecular complexity index is 383. The molecule has 1 heterocycles. The van der Waals surface area contributed by atoms with E-state index in [4.69, 9.17) is 5.73 Å². The van der Waals surface area contributed by atoms with Gasteiger partial charge in [-0.15, -0.1) is 0 Å². The monoisotopic (exact) mass is 297 g/mol.